The van der Waals surface area contributed by atoms with Gasteiger partial charge in [0.1, 0.15) is 0 Å². The zero-order valence-electron chi connectivity index (χ0n) is 17.6. The zero-order chi connectivity index (χ0) is 23.2. The predicted octanol–water partition coefficient (Wildman–Crippen LogP) is 5.90. The molecule has 4 rings (SSSR count). The van der Waals surface area contributed by atoms with Gasteiger partial charge in [0.2, 0.25) is 0 Å². The van der Waals surface area contributed by atoms with Crippen molar-refractivity contribution < 1.29 is 4.79 Å². The zero-order valence-corrected chi connectivity index (χ0v) is 20.7. The Balaban J connectivity index is 1.52. The third-order valence-corrected chi connectivity index (χ3v) is 6.56. The van der Waals surface area contributed by atoms with Crippen LogP contribution in [0.5, 0.6) is 0 Å². The van der Waals surface area contributed by atoms with Crippen LogP contribution in [-0.2, 0) is 4.79 Å². The number of amides is 1. The lowest BCUT2D eigenvalue weighted by molar-refractivity contribution is -0.118. The molecule has 0 saturated carbocycles. The van der Waals surface area contributed by atoms with Gasteiger partial charge in [-0.25, -0.2) is 5.43 Å². The molecule has 1 heterocycles. The van der Waals surface area contributed by atoms with Gasteiger partial charge in [-0.15, -0.1) is 10.2 Å². The molecular formula is C24H19BrClN5OS. The van der Waals surface area contributed by atoms with E-state index in [2.05, 4.69) is 36.7 Å². The standard InChI is InChI=1S/C24H19BrClN5OS/c1-16-6-12-20(13-7-16)31-23(17-8-10-19(26)11-9-17)29-30-24(31)33-15-22(32)28-27-14-18-4-2-3-5-21(18)25/h2-14H,15H2,1H3,(H,28,32)/b27-14+. The molecule has 0 radical (unpaired) electrons. The molecule has 1 aromatic heterocycles. The van der Waals surface area contributed by atoms with Crippen molar-refractivity contribution in [1.82, 2.24) is 20.2 Å². The molecule has 0 bridgehead atoms. The van der Waals surface area contributed by atoms with Crippen LogP contribution in [0.25, 0.3) is 17.1 Å². The number of aryl methyl sites for hydroxylation is 1. The number of halogens is 2. The van der Waals surface area contributed by atoms with E-state index in [1.807, 2.05) is 84.3 Å². The third-order valence-electron chi connectivity index (χ3n) is 4.66. The van der Waals surface area contributed by atoms with Gasteiger partial charge in [-0.2, -0.15) is 5.10 Å². The molecule has 1 N–H and O–H groups in total. The first kappa shape index (κ1) is 23.2. The number of nitrogens with one attached hydrogen (secondary N) is 1. The number of benzene rings is 3. The quantitative estimate of drug-likeness (QED) is 0.180. The first-order valence-corrected chi connectivity index (χ1v) is 12.1. The summed E-state index contributed by atoms with van der Waals surface area (Å²) in [7, 11) is 0. The number of carbonyl (C=O) groups excluding carboxylic acids is 1. The maximum Gasteiger partial charge on any atom is 0.250 e. The molecule has 0 saturated heterocycles. The normalized spacial score (nSPS) is 11.1. The average molecular weight is 541 g/mol. The second kappa shape index (κ2) is 10.8. The largest absolute Gasteiger partial charge is 0.272 e. The number of nitrogens with zero attached hydrogens (tertiary/aromatic N) is 4. The van der Waals surface area contributed by atoms with E-state index in [-0.39, 0.29) is 11.7 Å². The van der Waals surface area contributed by atoms with Crippen molar-refractivity contribution in [2.75, 3.05) is 5.75 Å². The number of thioether (sulfide) groups is 1. The van der Waals surface area contributed by atoms with Crippen molar-refractivity contribution in [3.05, 3.63) is 93.4 Å². The minimum Gasteiger partial charge on any atom is -0.272 e. The fourth-order valence-electron chi connectivity index (χ4n) is 2.99. The second-order valence-corrected chi connectivity index (χ2v) is 9.32. The van der Waals surface area contributed by atoms with Crippen LogP contribution in [0.3, 0.4) is 0 Å². The summed E-state index contributed by atoms with van der Waals surface area (Å²) in [6, 6.07) is 23.1. The van der Waals surface area contributed by atoms with Crippen molar-refractivity contribution in [2.24, 2.45) is 5.10 Å². The molecule has 0 unspecified atom stereocenters. The Bertz CT molecular complexity index is 1290. The summed E-state index contributed by atoms with van der Waals surface area (Å²) in [5.41, 5.74) is 6.36. The maximum atomic E-state index is 12.4. The molecule has 166 valence electrons. The second-order valence-electron chi connectivity index (χ2n) is 7.09. The molecule has 0 aliphatic rings. The molecule has 4 aromatic rings. The van der Waals surface area contributed by atoms with Gasteiger partial charge in [0.25, 0.3) is 5.91 Å². The SMILES string of the molecule is Cc1ccc(-n2c(SCC(=O)N/N=C/c3ccccc3Br)nnc2-c2ccc(Cl)cc2)cc1. The van der Waals surface area contributed by atoms with Crippen molar-refractivity contribution >= 4 is 51.4 Å². The highest BCUT2D eigenvalue weighted by molar-refractivity contribution is 9.10. The molecule has 9 heteroatoms. The van der Waals surface area contributed by atoms with Crippen LogP contribution in [0.4, 0.5) is 0 Å². The van der Waals surface area contributed by atoms with Crippen molar-refractivity contribution in [3.8, 4) is 17.1 Å². The molecular weight excluding hydrogens is 522 g/mol. The van der Waals surface area contributed by atoms with Gasteiger partial charge < -0.3 is 0 Å². The lowest BCUT2D eigenvalue weighted by atomic mass is 10.2. The number of aromatic nitrogens is 3. The van der Waals surface area contributed by atoms with Gasteiger partial charge in [0.05, 0.1) is 12.0 Å². The summed E-state index contributed by atoms with van der Waals surface area (Å²) >= 11 is 10.8. The maximum absolute atomic E-state index is 12.4. The van der Waals surface area contributed by atoms with Gasteiger partial charge in [0, 0.05) is 26.3 Å². The first-order chi connectivity index (χ1) is 16.0. The third kappa shape index (κ3) is 5.90. The number of hydrazone groups is 1. The smallest absolute Gasteiger partial charge is 0.250 e. The minimum atomic E-state index is -0.241. The van der Waals surface area contributed by atoms with Crippen LogP contribution in [-0.4, -0.2) is 32.6 Å². The Labute approximate surface area is 209 Å². The minimum absolute atomic E-state index is 0.137. The summed E-state index contributed by atoms with van der Waals surface area (Å²) in [5, 5.41) is 14.0. The molecule has 33 heavy (non-hydrogen) atoms. The molecule has 3 aromatic carbocycles. The van der Waals surface area contributed by atoms with Gasteiger partial charge in [-0.3, -0.25) is 9.36 Å². The fourth-order valence-corrected chi connectivity index (χ4v) is 4.25. The monoisotopic (exact) mass is 539 g/mol. The summed E-state index contributed by atoms with van der Waals surface area (Å²) in [5.74, 6) is 0.568. The lowest BCUT2D eigenvalue weighted by Gasteiger charge is -2.10. The van der Waals surface area contributed by atoms with E-state index in [1.165, 1.54) is 11.8 Å². The molecule has 6 nitrogen and oxygen atoms in total. The highest BCUT2D eigenvalue weighted by Crippen LogP contribution is 2.28. The van der Waals surface area contributed by atoms with Crippen molar-refractivity contribution in [1.29, 1.82) is 0 Å². The van der Waals surface area contributed by atoms with E-state index < -0.39 is 0 Å². The van der Waals surface area contributed by atoms with E-state index in [1.54, 1.807) is 6.21 Å². The van der Waals surface area contributed by atoms with Gasteiger partial charge in [-0.05, 0) is 49.4 Å². The Kier molecular flexibility index (Phi) is 7.59. The number of hydrogen-bond acceptors (Lipinski definition) is 5. The van der Waals surface area contributed by atoms with Gasteiger partial charge >= 0.3 is 0 Å². The molecule has 0 atom stereocenters. The number of rotatable bonds is 7. The van der Waals surface area contributed by atoms with Crippen LogP contribution in [0, 0.1) is 6.92 Å². The van der Waals surface area contributed by atoms with E-state index in [4.69, 9.17) is 11.6 Å². The summed E-state index contributed by atoms with van der Waals surface area (Å²) < 4.78 is 2.84. The number of carbonyl (C=O) groups is 1. The van der Waals surface area contributed by atoms with Crippen LogP contribution in [0.15, 0.2) is 87.5 Å². The van der Waals surface area contributed by atoms with Crippen LogP contribution in [0.1, 0.15) is 11.1 Å². The van der Waals surface area contributed by atoms with E-state index >= 15 is 0 Å². The average Bonchev–Trinajstić information content (AvgIpc) is 3.24. The Hall–Kier alpha value is -2.94. The van der Waals surface area contributed by atoms with E-state index in [0.29, 0.717) is 16.0 Å². The highest BCUT2D eigenvalue weighted by Gasteiger charge is 2.17. The van der Waals surface area contributed by atoms with Crippen molar-refractivity contribution in [3.63, 3.8) is 0 Å². The predicted molar refractivity (Wildman–Crippen MR) is 137 cm³/mol. The summed E-state index contributed by atoms with van der Waals surface area (Å²) in [4.78, 5) is 12.4. The summed E-state index contributed by atoms with van der Waals surface area (Å²) in [6.07, 6.45) is 1.60. The van der Waals surface area contributed by atoms with Gasteiger partial charge in [0.15, 0.2) is 11.0 Å². The Morgan fingerprint density at radius 2 is 1.82 bits per heavy atom. The lowest BCUT2D eigenvalue weighted by Crippen LogP contribution is -2.20. The van der Waals surface area contributed by atoms with Crippen molar-refractivity contribution in [2.45, 2.75) is 12.1 Å². The molecule has 0 fully saturated rings. The Morgan fingerprint density at radius 3 is 2.55 bits per heavy atom. The van der Waals surface area contributed by atoms with Gasteiger partial charge in [-0.1, -0.05) is 75.2 Å². The molecule has 0 aliphatic heterocycles. The van der Waals surface area contributed by atoms with E-state index in [9.17, 15) is 4.79 Å². The highest BCUT2D eigenvalue weighted by atomic mass is 79.9. The van der Waals surface area contributed by atoms with E-state index in [0.717, 1.165) is 26.9 Å². The topological polar surface area (TPSA) is 72.2 Å². The number of hydrogen-bond donors (Lipinski definition) is 1. The first-order valence-electron chi connectivity index (χ1n) is 9.99. The van der Waals surface area contributed by atoms with Crippen LogP contribution in [0.2, 0.25) is 5.02 Å². The molecule has 0 aliphatic carbocycles. The Morgan fingerprint density at radius 1 is 1.09 bits per heavy atom. The summed E-state index contributed by atoms with van der Waals surface area (Å²) in [6.45, 7) is 2.03. The van der Waals surface area contributed by atoms with Crippen LogP contribution < -0.4 is 5.43 Å². The molecule has 1 amide bonds. The fraction of sp³-hybridized carbons (Fsp3) is 0.0833. The van der Waals surface area contributed by atoms with Crippen LogP contribution >= 0.6 is 39.3 Å². The molecule has 0 spiro atoms.